The topological polar surface area (TPSA) is 55.1 Å². The van der Waals surface area contributed by atoms with Gasteiger partial charge in [-0.05, 0) is 19.1 Å². The molecule has 18 heavy (non-hydrogen) atoms. The van der Waals surface area contributed by atoms with Crippen molar-refractivity contribution in [3.63, 3.8) is 0 Å². The molecule has 2 aromatic rings. The third-order valence-electron chi connectivity index (χ3n) is 2.23. The van der Waals surface area contributed by atoms with Crippen LogP contribution in [0.25, 0.3) is 0 Å². The maximum absolute atomic E-state index is 8.85. The molecule has 0 saturated carbocycles. The van der Waals surface area contributed by atoms with E-state index in [4.69, 9.17) is 14.7 Å². The Morgan fingerprint density at radius 3 is 2.89 bits per heavy atom. The second kappa shape index (κ2) is 6.03. The number of ether oxygens (including phenoxy) is 2. The Hall–Kier alpha value is -2.06. The van der Waals surface area contributed by atoms with Crippen LogP contribution >= 0.6 is 11.3 Å². The molecule has 4 nitrogen and oxygen atoms in total. The van der Waals surface area contributed by atoms with E-state index in [2.05, 4.69) is 11.1 Å². The molecule has 92 valence electrons. The predicted octanol–water partition coefficient (Wildman–Crippen LogP) is 2.99. The quantitative estimate of drug-likeness (QED) is 0.829. The van der Waals surface area contributed by atoms with E-state index in [9.17, 15) is 0 Å². The maximum atomic E-state index is 8.85. The molecule has 0 spiro atoms. The van der Waals surface area contributed by atoms with Gasteiger partial charge in [-0.3, -0.25) is 4.98 Å². The molecule has 0 fully saturated rings. The fourth-order valence-electron chi connectivity index (χ4n) is 1.43. The summed E-state index contributed by atoms with van der Waals surface area (Å²) in [5.74, 6) is 1.24. The summed E-state index contributed by atoms with van der Waals surface area (Å²) < 4.78 is 11.1. The predicted molar refractivity (Wildman–Crippen MR) is 68.8 cm³/mol. The first kappa shape index (κ1) is 12.4. The van der Waals surface area contributed by atoms with Crippen LogP contribution in [0.4, 0.5) is 0 Å². The van der Waals surface area contributed by atoms with E-state index in [1.807, 2.05) is 6.92 Å². The largest absolute Gasteiger partial charge is 0.490 e. The molecule has 0 atom stereocenters. The maximum Gasteiger partial charge on any atom is 0.162 e. The van der Waals surface area contributed by atoms with E-state index in [1.165, 1.54) is 11.3 Å². The Bertz CT molecular complexity index is 547. The molecule has 2 rings (SSSR count). The fourth-order valence-corrected chi connectivity index (χ4v) is 1.93. The van der Waals surface area contributed by atoms with Gasteiger partial charge >= 0.3 is 0 Å². The number of benzene rings is 1. The van der Waals surface area contributed by atoms with E-state index < -0.39 is 0 Å². The van der Waals surface area contributed by atoms with Crippen LogP contribution in [0.3, 0.4) is 0 Å². The molecule has 1 heterocycles. The average molecular weight is 260 g/mol. The van der Waals surface area contributed by atoms with Crippen LogP contribution < -0.4 is 9.47 Å². The third kappa shape index (κ3) is 2.99. The number of nitrogens with zero attached hydrogens (tertiary/aromatic N) is 2. The molecular weight excluding hydrogens is 248 g/mol. The normalized spacial score (nSPS) is 9.78. The van der Waals surface area contributed by atoms with E-state index in [1.54, 1.807) is 29.9 Å². The van der Waals surface area contributed by atoms with Crippen molar-refractivity contribution < 1.29 is 9.47 Å². The van der Waals surface area contributed by atoms with Crippen molar-refractivity contribution >= 4 is 11.3 Å². The highest BCUT2D eigenvalue weighted by Gasteiger charge is 2.07. The standard InChI is InChI=1S/C13H12N2O2S/c1-2-16-13-5-10(6-14)3-4-12(13)17-8-11-7-15-9-18-11/h3-5,7,9H,2,8H2,1H3. The summed E-state index contributed by atoms with van der Waals surface area (Å²) in [6.45, 7) is 2.88. The Kier molecular flexibility index (Phi) is 4.15. The zero-order valence-corrected chi connectivity index (χ0v) is 10.7. The minimum absolute atomic E-state index is 0.455. The van der Waals surface area contributed by atoms with Gasteiger partial charge in [-0.15, -0.1) is 11.3 Å². The minimum atomic E-state index is 0.455. The van der Waals surface area contributed by atoms with Crippen molar-refractivity contribution in [2.75, 3.05) is 6.61 Å². The number of hydrogen-bond acceptors (Lipinski definition) is 5. The highest BCUT2D eigenvalue weighted by Crippen LogP contribution is 2.29. The molecule has 0 amide bonds. The molecule has 5 heteroatoms. The summed E-state index contributed by atoms with van der Waals surface area (Å²) in [5, 5.41) is 8.85. The van der Waals surface area contributed by atoms with Crippen LogP contribution in [0.1, 0.15) is 17.4 Å². The van der Waals surface area contributed by atoms with Gasteiger partial charge in [-0.1, -0.05) is 0 Å². The number of aromatic nitrogens is 1. The Morgan fingerprint density at radius 2 is 2.22 bits per heavy atom. The molecule has 0 aliphatic carbocycles. The molecule has 0 saturated heterocycles. The van der Waals surface area contributed by atoms with Gasteiger partial charge in [0.2, 0.25) is 0 Å². The highest BCUT2D eigenvalue weighted by atomic mass is 32.1. The van der Waals surface area contributed by atoms with Gasteiger partial charge in [0.05, 0.1) is 28.6 Å². The summed E-state index contributed by atoms with van der Waals surface area (Å²) in [7, 11) is 0. The van der Waals surface area contributed by atoms with Crippen molar-refractivity contribution in [2.24, 2.45) is 0 Å². The van der Waals surface area contributed by atoms with Gasteiger partial charge in [0.15, 0.2) is 11.5 Å². The molecule has 0 radical (unpaired) electrons. The van der Waals surface area contributed by atoms with E-state index in [-0.39, 0.29) is 0 Å². The first-order chi connectivity index (χ1) is 8.83. The van der Waals surface area contributed by atoms with Crippen molar-refractivity contribution in [3.8, 4) is 17.6 Å². The van der Waals surface area contributed by atoms with Crippen LogP contribution in [0.5, 0.6) is 11.5 Å². The summed E-state index contributed by atoms with van der Waals surface area (Å²) in [6.07, 6.45) is 1.77. The Labute approximate surface area is 109 Å². The SMILES string of the molecule is CCOc1cc(C#N)ccc1OCc1cncs1. The first-order valence-corrected chi connectivity index (χ1v) is 6.38. The summed E-state index contributed by atoms with van der Waals surface area (Å²) in [6, 6.07) is 7.23. The zero-order valence-electron chi connectivity index (χ0n) is 9.92. The van der Waals surface area contributed by atoms with Crippen LogP contribution in [-0.2, 0) is 6.61 Å². The smallest absolute Gasteiger partial charge is 0.162 e. The van der Waals surface area contributed by atoms with Crippen molar-refractivity contribution in [1.29, 1.82) is 5.26 Å². The van der Waals surface area contributed by atoms with Crippen molar-refractivity contribution in [3.05, 3.63) is 40.3 Å². The summed E-state index contributed by atoms with van der Waals surface area (Å²) in [4.78, 5) is 5.03. The molecule has 0 aliphatic heterocycles. The zero-order chi connectivity index (χ0) is 12.8. The van der Waals surface area contributed by atoms with Crippen LogP contribution in [0.2, 0.25) is 0 Å². The van der Waals surface area contributed by atoms with Gasteiger partial charge in [-0.25, -0.2) is 0 Å². The fraction of sp³-hybridized carbons (Fsp3) is 0.231. The third-order valence-corrected chi connectivity index (χ3v) is 2.98. The average Bonchev–Trinajstić information content (AvgIpc) is 2.90. The van der Waals surface area contributed by atoms with Gasteiger partial charge in [0.1, 0.15) is 6.61 Å². The van der Waals surface area contributed by atoms with Crippen molar-refractivity contribution in [2.45, 2.75) is 13.5 Å². The van der Waals surface area contributed by atoms with E-state index >= 15 is 0 Å². The van der Waals surface area contributed by atoms with Crippen LogP contribution in [0, 0.1) is 11.3 Å². The van der Waals surface area contributed by atoms with Gasteiger partial charge in [-0.2, -0.15) is 5.26 Å². The monoisotopic (exact) mass is 260 g/mol. The number of thiazole rings is 1. The number of hydrogen-bond donors (Lipinski definition) is 0. The Balaban J connectivity index is 2.13. The lowest BCUT2D eigenvalue weighted by atomic mass is 10.2. The summed E-state index contributed by atoms with van der Waals surface area (Å²) in [5.41, 5.74) is 2.32. The van der Waals surface area contributed by atoms with Gasteiger partial charge in [0.25, 0.3) is 0 Å². The second-order valence-electron chi connectivity index (χ2n) is 3.46. The highest BCUT2D eigenvalue weighted by molar-refractivity contribution is 7.09. The molecule has 0 aliphatic rings. The van der Waals surface area contributed by atoms with Gasteiger partial charge in [0, 0.05) is 12.3 Å². The van der Waals surface area contributed by atoms with Gasteiger partial charge < -0.3 is 9.47 Å². The Morgan fingerprint density at radius 1 is 1.33 bits per heavy atom. The molecule has 0 N–H and O–H groups in total. The lowest BCUT2D eigenvalue weighted by Crippen LogP contribution is -1.99. The lowest BCUT2D eigenvalue weighted by molar-refractivity contribution is 0.271. The van der Waals surface area contributed by atoms with E-state index in [0.717, 1.165) is 4.88 Å². The minimum Gasteiger partial charge on any atom is -0.490 e. The molecule has 0 bridgehead atoms. The van der Waals surface area contributed by atoms with Crippen molar-refractivity contribution in [1.82, 2.24) is 4.98 Å². The van der Waals surface area contributed by atoms with Crippen LogP contribution in [-0.4, -0.2) is 11.6 Å². The number of nitriles is 1. The number of rotatable bonds is 5. The molecule has 1 aromatic heterocycles. The van der Waals surface area contributed by atoms with Crippen LogP contribution in [0.15, 0.2) is 29.9 Å². The first-order valence-electron chi connectivity index (χ1n) is 5.50. The molecular formula is C13H12N2O2S. The second-order valence-corrected chi connectivity index (χ2v) is 4.43. The molecule has 0 unspecified atom stereocenters. The lowest BCUT2D eigenvalue weighted by Gasteiger charge is -2.11. The van der Waals surface area contributed by atoms with E-state index in [0.29, 0.717) is 30.3 Å². The molecule has 1 aromatic carbocycles. The summed E-state index contributed by atoms with van der Waals surface area (Å²) >= 11 is 1.54.